The molecule has 0 bridgehead atoms. The minimum atomic E-state index is -0.0580. The molecule has 1 aliphatic rings. The quantitative estimate of drug-likeness (QED) is 0.636. The Morgan fingerprint density at radius 2 is 1.86 bits per heavy atom. The topological polar surface area (TPSA) is 37.4 Å². The van der Waals surface area contributed by atoms with E-state index in [0.717, 1.165) is 24.2 Å². The van der Waals surface area contributed by atoms with Gasteiger partial charge >= 0.3 is 0 Å². The Labute approximate surface area is 129 Å². The second kappa shape index (κ2) is 6.39. The van der Waals surface area contributed by atoms with Gasteiger partial charge in [-0.05, 0) is 30.2 Å². The lowest BCUT2D eigenvalue weighted by molar-refractivity contribution is -0.117. The average molecular weight is 291 g/mol. The fourth-order valence-corrected chi connectivity index (χ4v) is 2.58. The standard InChI is InChI=1S/C19H17NO2/c21-18(12-11-15-6-2-1-3-7-15)16-8-4-9-17(14-16)20-13-5-10-19(20)22/h1-4,6-9,11-12,14H,5,10,13H2. The summed E-state index contributed by atoms with van der Waals surface area (Å²) in [6, 6.07) is 17.0. The van der Waals surface area contributed by atoms with Crippen LogP contribution in [0.5, 0.6) is 0 Å². The summed E-state index contributed by atoms with van der Waals surface area (Å²) in [7, 11) is 0. The van der Waals surface area contributed by atoms with Gasteiger partial charge in [0.1, 0.15) is 0 Å². The molecule has 3 nitrogen and oxygen atoms in total. The smallest absolute Gasteiger partial charge is 0.227 e. The summed E-state index contributed by atoms with van der Waals surface area (Å²) in [5.74, 6) is 0.0711. The Bertz CT molecular complexity index is 719. The van der Waals surface area contributed by atoms with Gasteiger partial charge in [-0.1, -0.05) is 48.5 Å². The molecule has 2 aromatic rings. The maximum absolute atomic E-state index is 12.3. The molecule has 3 rings (SSSR count). The number of rotatable bonds is 4. The zero-order valence-electron chi connectivity index (χ0n) is 12.2. The number of anilines is 1. The molecule has 0 N–H and O–H groups in total. The van der Waals surface area contributed by atoms with Crippen molar-refractivity contribution >= 4 is 23.5 Å². The number of nitrogens with zero attached hydrogens (tertiary/aromatic N) is 1. The molecule has 0 aliphatic carbocycles. The molecule has 1 saturated heterocycles. The minimum absolute atomic E-state index is 0.0580. The van der Waals surface area contributed by atoms with Crippen LogP contribution in [0.15, 0.2) is 60.7 Å². The lowest BCUT2D eigenvalue weighted by atomic mass is 10.1. The van der Waals surface area contributed by atoms with Gasteiger partial charge in [-0.2, -0.15) is 0 Å². The van der Waals surface area contributed by atoms with Gasteiger partial charge in [0.05, 0.1) is 0 Å². The number of benzene rings is 2. The third-order valence-electron chi connectivity index (χ3n) is 3.74. The van der Waals surface area contributed by atoms with Gasteiger partial charge in [-0.25, -0.2) is 0 Å². The highest BCUT2D eigenvalue weighted by molar-refractivity contribution is 6.08. The molecule has 0 saturated carbocycles. The van der Waals surface area contributed by atoms with Crippen molar-refractivity contribution in [3.8, 4) is 0 Å². The first-order valence-corrected chi connectivity index (χ1v) is 7.42. The average Bonchev–Trinajstić information content (AvgIpc) is 3.00. The van der Waals surface area contributed by atoms with Gasteiger partial charge in [0.25, 0.3) is 0 Å². The van der Waals surface area contributed by atoms with Crippen LogP contribution in [0, 0.1) is 0 Å². The Morgan fingerprint density at radius 3 is 2.59 bits per heavy atom. The predicted molar refractivity (Wildman–Crippen MR) is 87.8 cm³/mol. The van der Waals surface area contributed by atoms with Crippen molar-refractivity contribution in [3.05, 3.63) is 71.8 Å². The number of carbonyl (C=O) groups excluding carboxylic acids is 2. The lowest BCUT2D eigenvalue weighted by Gasteiger charge is -2.16. The van der Waals surface area contributed by atoms with Gasteiger partial charge in [0.15, 0.2) is 5.78 Å². The normalized spacial score (nSPS) is 14.7. The van der Waals surface area contributed by atoms with E-state index in [9.17, 15) is 9.59 Å². The molecular formula is C19H17NO2. The number of ketones is 1. The Balaban J connectivity index is 1.78. The molecule has 0 radical (unpaired) electrons. The molecule has 0 atom stereocenters. The zero-order chi connectivity index (χ0) is 15.4. The van der Waals surface area contributed by atoms with Crippen LogP contribution in [-0.4, -0.2) is 18.2 Å². The number of allylic oxidation sites excluding steroid dienone is 1. The largest absolute Gasteiger partial charge is 0.312 e. The van der Waals surface area contributed by atoms with Gasteiger partial charge in [0, 0.05) is 24.2 Å². The van der Waals surface area contributed by atoms with Crippen molar-refractivity contribution in [2.45, 2.75) is 12.8 Å². The van der Waals surface area contributed by atoms with Crippen molar-refractivity contribution < 1.29 is 9.59 Å². The predicted octanol–water partition coefficient (Wildman–Crippen LogP) is 3.71. The van der Waals surface area contributed by atoms with Crippen LogP contribution < -0.4 is 4.90 Å². The van der Waals surface area contributed by atoms with Gasteiger partial charge in [-0.15, -0.1) is 0 Å². The van der Waals surface area contributed by atoms with E-state index in [1.165, 1.54) is 0 Å². The lowest BCUT2D eigenvalue weighted by Crippen LogP contribution is -2.23. The van der Waals surface area contributed by atoms with E-state index in [1.807, 2.05) is 42.5 Å². The molecule has 1 aliphatic heterocycles. The molecule has 110 valence electrons. The molecule has 3 heteroatoms. The van der Waals surface area contributed by atoms with Gasteiger partial charge < -0.3 is 4.90 Å². The van der Waals surface area contributed by atoms with E-state index < -0.39 is 0 Å². The molecule has 0 unspecified atom stereocenters. The molecular weight excluding hydrogens is 274 g/mol. The Hall–Kier alpha value is -2.68. The van der Waals surface area contributed by atoms with Crippen molar-refractivity contribution in [2.75, 3.05) is 11.4 Å². The fraction of sp³-hybridized carbons (Fsp3) is 0.158. The molecule has 22 heavy (non-hydrogen) atoms. The summed E-state index contributed by atoms with van der Waals surface area (Å²) in [6.07, 6.45) is 4.84. The molecule has 1 fully saturated rings. The SMILES string of the molecule is O=C(C=Cc1ccccc1)c1cccc(N2CCCC2=O)c1. The number of amides is 1. The summed E-state index contributed by atoms with van der Waals surface area (Å²) in [4.78, 5) is 25.8. The highest BCUT2D eigenvalue weighted by Gasteiger charge is 2.21. The first-order chi connectivity index (χ1) is 10.7. The van der Waals surface area contributed by atoms with E-state index in [2.05, 4.69) is 0 Å². The number of hydrogen-bond donors (Lipinski definition) is 0. The second-order valence-corrected chi connectivity index (χ2v) is 5.31. The van der Waals surface area contributed by atoms with E-state index in [4.69, 9.17) is 0 Å². The maximum atomic E-state index is 12.3. The van der Waals surface area contributed by atoms with E-state index in [-0.39, 0.29) is 11.7 Å². The minimum Gasteiger partial charge on any atom is -0.312 e. The first kappa shape index (κ1) is 14.3. The van der Waals surface area contributed by atoms with Gasteiger partial charge in [-0.3, -0.25) is 9.59 Å². The van der Waals surface area contributed by atoms with Crippen LogP contribution in [0.1, 0.15) is 28.8 Å². The Morgan fingerprint density at radius 1 is 1.05 bits per heavy atom. The van der Waals surface area contributed by atoms with Crippen LogP contribution in [0.4, 0.5) is 5.69 Å². The van der Waals surface area contributed by atoms with Crippen molar-refractivity contribution in [1.82, 2.24) is 0 Å². The third kappa shape index (κ3) is 3.14. The number of hydrogen-bond acceptors (Lipinski definition) is 2. The van der Waals surface area contributed by atoms with Crippen molar-refractivity contribution in [3.63, 3.8) is 0 Å². The highest BCUT2D eigenvalue weighted by atomic mass is 16.2. The van der Waals surface area contributed by atoms with Crippen LogP contribution in [-0.2, 0) is 4.79 Å². The van der Waals surface area contributed by atoms with Gasteiger partial charge in [0.2, 0.25) is 5.91 Å². The summed E-state index contributed by atoms with van der Waals surface area (Å²) in [5, 5.41) is 0. The summed E-state index contributed by atoms with van der Waals surface area (Å²) < 4.78 is 0. The van der Waals surface area contributed by atoms with E-state index in [1.54, 1.807) is 29.2 Å². The molecule has 1 amide bonds. The van der Waals surface area contributed by atoms with E-state index >= 15 is 0 Å². The third-order valence-corrected chi connectivity index (χ3v) is 3.74. The maximum Gasteiger partial charge on any atom is 0.227 e. The number of carbonyl (C=O) groups is 2. The first-order valence-electron chi connectivity index (χ1n) is 7.42. The molecule has 2 aromatic carbocycles. The van der Waals surface area contributed by atoms with Crippen LogP contribution in [0.3, 0.4) is 0 Å². The van der Waals surface area contributed by atoms with Crippen LogP contribution in [0.25, 0.3) is 6.08 Å². The monoisotopic (exact) mass is 291 g/mol. The Kier molecular flexibility index (Phi) is 4.15. The van der Waals surface area contributed by atoms with Crippen molar-refractivity contribution in [2.24, 2.45) is 0 Å². The molecule has 0 aromatic heterocycles. The van der Waals surface area contributed by atoms with E-state index in [0.29, 0.717) is 12.0 Å². The molecule has 0 spiro atoms. The van der Waals surface area contributed by atoms with Crippen LogP contribution in [0.2, 0.25) is 0 Å². The summed E-state index contributed by atoms with van der Waals surface area (Å²) in [6.45, 7) is 0.732. The highest BCUT2D eigenvalue weighted by Crippen LogP contribution is 2.22. The fourth-order valence-electron chi connectivity index (χ4n) is 2.58. The summed E-state index contributed by atoms with van der Waals surface area (Å²) >= 11 is 0. The molecule has 1 heterocycles. The van der Waals surface area contributed by atoms with Crippen LogP contribution >= 0.6 is 0 Å². The zero-order valence-corrected chi connectivity index (χ0v) is 12.2. The second-order valence-electron chi connectivity index (χ2n) is 5.31. The van der Waals surface area contributed by atoms with Crippen molar-refractivity contribution in [1.29, 1.82) is 0 Å². The summed E-state index contributed by atoms with van der Waals surface area (Å²) in [5.41, 5.74) is 2.40.